The van der Waals surface area contributed by atoms with Crippen molar-refractivity contribution < 1.29 is 14.3 Å². The molecule has 126 valence electrons. The number of benzene rings is 1. The number of anilines is 1. The molecule has 0 saturated carbocycles. The zero-order valence-corrected chi connectivity index (χ0v) is 14.4. The first-order valence-electron chi connectivity index (χ1n) is 8.04. The van der Waals surface area contributed by atoms with Gasteiger partial charge < -0.3 is 14.8 Å². The summed E-state index contributed by atoms with van der Waals surface area (Å²) >= 11 is 0. The van der Waals surface area contributed by atoms with Crippen molar-refractivity contribution in [2.24, 2.45) is 0 Å². The molecule has 0 aliphatic heterocycles. The first kappa shape index (κ1) is 19.0. The first-order chi connectivity index (χ1) is 11.0. The van der Waals surface area contributed by atoms with Gasteiger partial charge in [-0.15, -0.1) is 0 Å². The van der Waals surface area contributed by atoms with Gasteiger partial charge in [0.1, 0.15) is 17.4 Å². The van der Waals surface area contributed by atoms with Crippen molar-refractivity contribution >= 4 is 11.6 Å². The van der Waals surface area contributed by atoms with E-state index in [1.165, 1.54) is 7.11 Å². The number of carbonyl (C=O) groups excluding carboxylic acids is 1. The molecular weight excluding hydrogens is 292 g/mol. The zero-order chi connectivity index (χ0) is 17.3. The predicted molar refractivity (Wildman–Crippen MR) is 90.5 cm³/mol. The van der Waals surface area contributed by atoms with Gasteiger partial charge in [0.25, 0.3) is 5.91 Å². The second-order valence-electron chi connectivity index (χ2n) is 5.66. The molecule has 0 aromatic heterocycles. The highest BCUT2D eigenvalue weighted by molar-refractivity contribution is 5.97. The van der Waals surface area contributed by atoms with Gasteiger partial charge in [0.05, 0.1) is 12.2 Å². The van der Waals surface area contributed by atoms with Gasteiger partial charge in [-0.05, 0) is 38.0 Å². The quantitative estimate of drug-likeness (QED) is 0.750. The number of methoxy groups -OCH3 is 1. The van der Waals surface area contributed by atoms with Gasteiger partial charge in [-0.3, -0.25) is 4.79 Å². The Morgan fingerprint density at radius 2 is 2.09 bits per heavy atom. The number of carbonyl (C=O) groups is 1. The largest absolute Gasteiger partial charge is 0.492 e. The molecule has 0 heterocycles. The lowest BCUT2D eigenvalue weighted by atomic mass is 9.97. The first-order valence-corrected chi connectivity index (χ1v) is 8.04. The molecule has 1 amide bonds. The molecule has 0 aliphatic rings. The number of unbranched alkanes of at least 4 members (excludes halogenated alkanes) is 1. The predicted octanol–water partition coefficient (Wildman–Crippen LogP) is 3.88. The van der Waals surface area contributed by atoms with Crippen LogP contribution in [0.25, 0.3) is 0 Å². The van der Waals surface area contributed by atoms with Crippen LogP contribution in [0.3, 0.4) is 0 Å². The van der Waals surface area contributed by atoms with Crippen molar-refractivity contribution in [1.82, 2.24) is 0 Å². The maximum atomic E-state index is 12.5. The Bertz CT molecular complexity index is 566. The second-order valence-corrected chi connectivity index (χ2v) is 5.66. The number of amides is 1. The number of nitrogens with zero attached hydrogens (tertiary/aromatic N) is 1. The Labute approximate surface area is 138 Å². The lowest BCUT2D eigenvalue weighted by Crippen LogP contribution is -2.41. The van der Waals surface area contributed by atoms with Crippen LogP contribution < -0.4 is 10.1 Å². The molecule has 0 spiro atoms. The summed E-state index contributed by atoms with van der Waals surface area (Å²) in [6.07, 6.45) is 3.42. The van der Waals surface area contributed by atoms with Crippen molar-refractivity contribution in [2.75, 3.05) is 19.0 Å². The molecule has 1 N–H and O–H groups in total. The van der Waals surface area contributed by atoms with Gasteiger partial charge in [-0.2, -0.15) is 5.26 Å². The van der Waals surface area contributed by atoms with Crippen LogP contribution >= 0.6 is 0 Å². The third kappa shape index (κ3) is 5.26. The third-order valence-electron chi connectivity index (χ3n) is 3.76. The molecule has 1 aromatic carbocycles. The molecule has 0 unspecified atom stereocenters. The summed E-state index contributed by atoms with van der Waals surface area (Å²) < 4.78 is 10.9. The summed E-state index contributed by atoms with van der Waals surface area (Å²) in [7, 11) is 1.54. The van der Waals surface area contributed by atoms with E-state index in [9.17, 15) is 10.1 Å². The average Bonchev–Trinajstić information content (AvgIpc) is 2.58. The second kappa shape index (κ2) is 9.16. The molecule has 0 saturated heterocycles. The lowest BCUT2D eigenvalue weighted by molar-refractivity contribution is -0.136. The van der Waals surface area contributed by atoms with Gasteiger partial charge in [-0.1, -0.05) is 26.7 Å². The Morgan fingerprint density at radius 1 is 1.35 bits per heavy atom. The van der Waals surface area contributed by atoms with Crippen LogP contribution in [0.15, 0.2) is 18.2 Å². The molecule has 0 aliphatic carbocycles. The summed E-state index contributed by atoms with van der Waals surface area (Å²) in [6.45, 7) is 6.41. The normalized spacial score (nSPS) is 13.0. The zero-order valence-electron chi connectivity index (χ0n) is 14.4. The van der Waals surface area contributed by atoms with Gasteiger partial charge in [-0.25, -0.2) is 0 Å². The minimum Gasteiger partial charge on any atom is -0.492 e. The van der Waals surface area contributed by atoms with Crippen LogP contribution in [0.2, 0.25) is 0 Å². The summed E-state index contributed by atoms with van der Waals surface area (Å²) in [5.41, 5.74) is 0.0966. The van der Waals surface area contributed by atoms with E-state index in [2.05, 4.69) is 18.3 Å². The van der Waals surface area contributed by atoms with E-state index < -0.39 is 5.60 Å². The molecule has 1 atom stereocenters. The monoisotopic (exact) mass is 318 g/mol. The minimum atomic E-state index is -0.875. The van der Waals surface area contributed by atoms with Gasteiger partial charge in [0.2, 0.25) is 0 Å². The summed E-state index contributed by atoms with van der Waals surface area (Å²) in [4.78, 5) is 12.5. The van der Waals surface area contributed by atoms with Crippen molar-refractivity contribution in [3.63, 3.8) is 0 Å². The van der Waals surface area contributed by atoms with Crippen LogP contribution in [0, 0.1) is 11.3 Å². The third-order valence-corrected chi connectivity index (χ3v) is 3.76. The fourth-order valence-electron chi connectivity index (χ4n) is 2.12. The topological polar surface area (TPSA) is 71.3 Å². The fraction of sp³-hybridized carbons (Fsp3) is 0.556. The number of hydrogen-bond donors (Lipinski definition) is 1. The van der Waals surface area contributed by atoms with Crippen LogP contribution in [0.5, 0.6) is 5.75 Å². The molecular formula is C18H26N2O3. The number of hydrogen-bond acceptors (Lipinski definition) is 4. The molecule has 0 radical (unpaired) electrons. The maximum Gasteiger partial charge on any atom is 0.256 e. The van der Waals surface area contributed by atoms with E-state index in [0.29, 0.717) is 30.0 Å². The van der Waals surface area contributed by atoms with Crippen molar-refractivity contribution in [3.8, 4) is 11.8 Å². The highest BCUT2D eigenvalue weighted by Gasteiger charge is 2.32. The van der Waals surface area contributed by atoms with E-state index in [-0.39, 0.29) is 5.91 Å². The van der Waals surface area contributed by atoms with Gasteiger partial charge in [0.15, 0.2) is 0 Å². The van der Waals surface area contributed by atoms with E-state index in [4.69, 9.17) is 9.47 Å². The number of ether oxygens (including phenoxy) is 2. The van der Waals surface area contributed by atoms with Crippen LogP contribution in [0.1, 0.15) is 52.0 Å². The van der Waals surface area contributed by atoms with E-state index in [0.717, 1.165) is 19.3 Å². The van der Waals surface area contributed by atoms with E-state index in [1.807, 2.05) is 6.92 Å². The minimum absolute atomic E-state index is 0.209. The standard InChI is InChI=1S/C18H26N2O3/c1-5-7-10-18(3,22-4)17(21)20-15-8-9-16(23-11-6-2)14(12-15)13-19/h8-9,12H,5-7,10-11H2,1-4H3,(H,20,21)/t18-/m0/s1. The number of nitrogens with one attached hydrogen (secondary N) is 1. The summed E-state index contributed by atoms with van der Waals surface area (Å²) in [6, 6.07) is 7.17. The van der Waals surface area contributed by atoms with Gasteiger partial charge >= 0.3 is 0 Å². The summed E-state index contributed by atoms with van der Waals surface area (Å²) in [5, 5.41) is 12.1. The smallest absolute Gasteiger partial charge is 0.256 e. The van der Waals surface area contributed by atoms with Crippen molar-refractivity contribution in [1.29, 1.82) is 5.26 Å². The Morgan fingerprint density at radius 3 is 2.65 bits per heavy atom. The SMILES string of the molecule is CCCC[C@](C)(OC)C(=O)Nc1ccc(OCCC)c(C#N)c1. The number of rotatable bonds is 9. The molecule has 5 heteroatoms. The average molecular weight is 318 g/mol. The molecule has 5 nitrogen and oxygen atoms in total. The fourth-order valence-corrected chi connectivity index (χ4v) is 2.12. The molecule has 23 heavy (non-hydrogen) atoms. The summed E-state index contributed by atoms with van der Waals surface area (Å²) in [5.74, 6) is 0.326. The number of nitriles is 1. The highest BCUT2D eigenvalue weighted by atomic mass is 16.5. The molecule has 0 fully saturated rings. The van der Waals surface area contributed by atoms with Crippen molar-refractivity contribution in [2.45, 2.75) is 52.1 Å². The Balaban J connectivity index is 2.87. The molecule has 1 aromatic rings. The van der Waals surface area contributed by atoms with Gasteiger partial charge in [0, 0.05) is 12.8 Å². The van der Waals surface area contributed by atoms with Crippen LogP contribution in [0.4, 0.5) is 5.69 Å². The van der Waals surface area contributed by atoms with Crippen LogP contribution in [-0.4, -0.2) is 25.2 Å². The van der Waals surface area contributed by atoms with Crippen LogP contribution in [-0.2, 0) is 9.53 Å². The van der Waals surface area contributed by atoms with E-state index in [1.54, 1.807) is 25.1 Å². The lowest BCUT2D eigenvalue weighted by Gasteiger charge is -2.26. The maximum absolute atomic E-state index is 12.5. The molecule has 1 rings (SSSR count). The van der Waals surface area contributed by atoms with Crippen molar-refractivity contribution in [3.05, 3.63) is 23.8 Å². The van der Waals surface area contributed by atoms with E-state index >= 15 is 0 Å². The highest BCUT2D eigenvalue weighted by Crippen LogP contribution is 2.25. The molecule has 0 bridgehead atoms. The Kier molecular flexibility index (Phi) is 7.56. The Hall–Kier alpha value is -2.06.